The minimum Gasteiger partial charge on any atom is -0.331 e. The molecule has 0 spiro atoms. The van der Waals surface area contributed by atoms with Crippen molar-refractivity contribution in [1.29, 1.82) is 0 Å². The molecule has 1 amide bonds. The van der Waals surface area contributed by atoms with Crippen molar-refractivity contribution in [3.8, 4) is 12.3 Å². The molecule has 0 aromatic heterocycles. The molecule has 0 bridgehead atoms. The molecule has 1 aliphatic rings. The first kappa shape index (κ1) is 10.1. The van der Waals surface area contributed by atoms with Gasteiger partial charge in [-0.25, -0.2) is 0 Å². The highest BCUT2D eigenvalue weighted by Crippen LogP contribution is 2.29. The number of carbonyl (C=O) groups is 1. The van der Waals surface area contributed by atoms with Crippen LogP contribution >= 0.6 is 0 Å². The smallest absolute Gasteiger partial charge is 0.224 e. The van der Waals surface area contributed by atoms with Gasteiger partial charge in [-0.3, -0.25) is 4.79 Å². The van der Waals surface area contributed by atoms with Crippen LogP contribution in [-0.4, -0.2) is 30.4 Å². The lowest BCUT2D eigenvalue weighted by Gasteiger charge is -2.19. The van der Waals surface area contributed by atoms with Crippen LogP contribution in [0, 0.1) is 18.3 Å². The minimum absolute atomic E-state index is 0.0901. The first-order chi connectivity index (χ1) is 6.27. The molecule has 2 N–H and O–H groups in total. The molecule has 13 heavy (non-hydrogen) atoms. The second kappa shape index (κ2) is 4.88. The Hall–Kier alpha value is -1.01. The standard InChI is InChI=1S/C10H16N2O/c1-2-7-12(8-9-3-4-9)10(13)5-6-11/h1,9H,3-8,11H2. The summed E-state index contributed by atoms with van der Waals surface area (Å²) in [7, 11) is 0. The van der Waals surface area contributed by atoms with E-state index in [1.165, 1.54) is 12.8 Å². The van der Waals surface area contributed by atoms with Crippen molar-refractivity contribution in [3.63, 3.8) is 0 Å². The second-order valence-corrected chi connectivity index (χ2v) is 3.46. The van der Waals surface area contributed by atoms with Gasteiger partial charge in [0.15, 0.2) is 0 Å². The fourth-order valence-electron chi connectivity index (χ4n) is 1.26. The van der Waals surface area contributed by atoms with Crippen molar-refractivity contribution in [2.24, 2.45) is 11.7 Å². The van der Waals surface area contributed by atoms with Gasteiger partial charge in [-0.2, -0.15) is 0 Å². The van der Waals surface area contributed by atoms with Crippen LogP contribution in [0.4, 0.5) is 0 Å². The fourth-order valence-corrected chi connectivity index (χ4v) is 1.26. The van der Waals surface area contributed by atoms with Crippen LogP contribution in [-0.2, 0) is 4.79 Å². The summed E-state index contributed by atoms with van der Waals surface area (Å²) < 4.78 is 0. The number of hydrogen-bond donors (Lipinski definition) is 1. The largest absolute Gasteiger partial charge is 0.331 e. The number of nitrogens with two attached hydrogens (primary N) is 1. The monoisotopic (exact) mass is 180 g/mol. The maximum atomic E-state index is 11.4. The van der Waals surface area contributed by atoms with E-state index in [1.54, 1.807) is 4.90 Å². The van der Waals surface area contributed by atoms with Gasteiger partial charge in [0.1, 0.15) is 0 Å². The van der Waals surface area contributed by atoms with E-state index in [2.05, 4.69) is 5.92 Å². The number of terminal acetylenes is 1. The summed E-state index contributed by atoms with van der Waals surface area (Å²) >= 11 is 0. The van der Waals surface area contributed by atoms with E-state index >= 15 is 0 Å². The van der Waals surface area contributed by atoms with Gasteiger partial charge < -0.3 is 10.6 Å². The van der Waals surface area contributed by atoms with Crippen LogP contribution in [0.5, 0.6) is 0 Å². The van der Waals surface area contributed by atoms with Crippen LogP contribution in [0.1, 0.15) is 19.3 Å². The van der Waals surface area contributed by atoms with Crippen LogP contribution in [0.15, 0.2) is 0 Å². The number of amides is 1. The molecule has 1 saturated carbocycles. The Morgan fingerprint density at radius 3 is 2.77 bits per heavy atom. The van der Waals surface area contributed by atoms with E-state index in [-0.39, 0.29) is 5.91 Å². The van der Waals surface area contributed by atoms with Crippen LogP contribution < -0.4 is 5.73 Å². The Labute approximate surface area is 79.3 Å². The van der Waals surface area contributed by atoms with Crippen molar-refractivity contribution >= 4 is 5.91 Å². The Kier molecular flexibility index (Phi) is 3.78. The maximum Gasteiger partial charge on any atom is 0.224 e. The highest BCUT2D eigenvalue weighted by Gasteiger charge is 2.25. The maximum absolute atomic E-state index is 11.4. The van der Waals surface area contributed by atoms with E-state index in [4.69, 9.17) is 12.2 Å². The Balaban J connectivity index is 2.35. The van der Waals surface area contributed by atoms with E-state index in [0.29, 0.717) is 25.4 Å². The summed E-state index contributed by atoms with van der Waals surface area (Å²) in [6.45, 7) is 1.66. The first-order valence-corrected chi connectivity index (χ1v) is 4.69. The van der Waals surface area contributed by atoms with E-state index in [1.807, 2.05) is 0 Å². The summed E-state index contributed by atoms with van der Waals surface area (Å²) in [6, 6.07) is 0. The Morgan fingerprint density at radius 1 is 1.62 bits per heavy atom. The highest BCUT2D eigenvalue weighted by molar-refractivity contribution is 5.76. The topological polar surface area (TPSA) is 46.3 Å². The molecule has 0 heterocycles. The lowest BCUT2D eigenvalue weighted by Crippen LogP contribution is -2.34. The number of carbonyl (C=O) groups excluding carboxylic acids is 1. The zero-order valence-electron chi connectivity index (χ0n) is 7.83. The number of nitrogens with zero attached hydrogens (tertiary/aromatic N) is 1. The summed E-state index contributed by atoms with van der Waals surface area (Å²) in [4.78, 5) is 13.2. The van der Waals surface area contributed by atoms with E-state index in [9.17, 15) is 4.79 Å². The molecule has 1 aliphatic carbocycles. The quantitative estimate of drug-likeness (QED) is 0.615. The normalized spacial score (nSPS) is 15.1. The predicted molar refractivity (Wildman–Crippen MR) is 51.8 cm³/mol. The fraction of sp³-hybridized carbons (Fsp3) is 0.700. The summed E-state index contributed by atoms with van der Waals surface area (Å²) in [5, 5.41) is 0. The summed E-state index contributed by atoms with van der Waals surface area (Å²) in [5.74, 6) is 3.28. The molecule has 0 aromatic carbocycles. The first-order valence-electron chi connectivity index (χ1n) is 4.69. The van der Waals surface area contributed by atoms with Crippen molar-refractivity contribution in [3.05, 3.63) is 0 Å². The third-order valence-electron chi connectivity index (χ3n) is 2.17. The third kappa shape index (κ3) is 3.47. The van der Waals surface area contributed by atoms with Gasteiger partial charge in [0, 0.05) is 19.5 Å². The van der Waals surface area contributed by atoms with E-state index < -0.39 is 0 Å². The van der Waals surface area contributed by atoms with Gasteiger partial charge >= 0.3 is 0 Å². The second-order valence-electron chi connectivity index (χ2n) is 3.46. The SMILES string of the molecule is C#CCN(CC1CC1)C(=O)CCN. The summed E-state index contributed by atoms with van der Waals surface area (Å²) in [5.41, 5.74) is 5.31. The van der Waals surface area contributed by atoms with Crippen molar-refractivity contribution in [1.82, 2.24) is 4.90 Å². The molecule has 0 aliphatic heterocycles. The van der Waals surface area contributed by atoms with Gasteiger partial charge in [0.05, 0.1) is 6.54 Å². The Bertz CT molecular complexity index is 215. The minimum atomic E-state index is 0.0901. The van der Waals surface area contributed by atoms with Gasteiger partial charge in [-0.15, -0.1) is 6.42 Å². The van der Waals surface area contributed by atoms with Gasteiger partial charge in [-0.05, 0) is 18.8 Å². The number of rotatable bonds is 5. The molecule has 1 fully saturated rings. The summed E-state index contributed by atoms with van der Waals surface area (Å²) in [6.07, 6.45) is 8.06. The molecular formula is C10H16N2O. The predicted octanol–water partition coefficient (Wildman–Crippen LogP) is 0.207. The average molecular weight is 180 g/mol. The molecule has 3 nitrogen and oxygen atoms in total. The van der Waals surface area contributed by atoms with Gasteiger partial charge in [-0.1, -0.05) is 5.92 Å². The average Bonchev–Trinajstić information content (AvgIpc) is 2.88. The number of hydrogen-bond acceptors (Lipinski definition) is 2. The zero-order chi connectivity index (χ0) is 9.68. The van der Waals surface area contributed by atoms with Gasteiger partial charge in [0.2, 0.25) is 5.91 Å². The molecule has 3 heteroatoms. The van der Waals surface area contributed by atoms with Crippen LogP contribution in [0.2, 0.25) is 0 Å². The van der Waals surface area contributed by atoms with E-state index in [0.717, 1.165) is 6.54 Å². The molecule has 0 aromatic rings. The van der Waals surface area contributed by atoms with Crippen molar-refractivity contribution in [2.75, 3.05) is 19.6 Å². The molecule has 72 valence electrons. The lowest BCUT2D eigenvalue weighted by atomic mass is 10.3. The lowest BCUT2D eigenvalue weighted by molar-refractivity contribution is -0.130. The molecule has 0 radical (unpaired) electrons. The zero-order valence-corrected chi connectivity index (χ0v) is 7.83. The van der Waals surface area contributed by atoms with Gasteiger partial charge in [0.25, 0.3) is 0 Å². The highest BCUT2D eigenvalue weighted by atomic mass is 16.2. The molecular weight excluding hydrogens is 164 g/mol. The van der Waals surface area contributed by atoms with Crippen molar-refractivity contribution < 1.29 is 4.79 Å². The molecule has 0 unspecified atom stereocenters. The van der Waals surface area contributed by atoms with Crippen molar-refractivity contribution in [2.45, 2.75) is 19.3 Å². The van der Waals surface area contributed by atoms with Crippen LogP contribution in [0.25, 0.3) is 0 Å². The molecule has 0 atom stereocenters. The molecule has 1 rings (SSSR count). The third-order valence-corrected chi connectivity index (χ3v) is 2.17. The Morgan fingerprint density at radius 2 is 2.31 bits per heavy atom. The molecule has 0 saturated heterocycles. The van der Waals surface area contributed by atoms with Crippen LogP contribution in [0.3, 0.4) is 0 Å².